The molecule has 0 spiro atoms. The number of aliphatic imine (C=N–C) groups is 1. The van der Waals surface area contributed by atoms with E-state index in [1.807, 2.05) is 30.0 Å². The van der Waals surface area contributed by atoms with Gasteiger partial charge in [-0.05, 0) is 36.8 Å². The van der Waals surface area contributed by atoms with Gasteiger partial charge in [-0.2, -0.15) is 0 Å². The van der Waals surface area contributed by atoms with E-state index >= 15 is 0 Å². The topological polar surface area (TPSA) is 62.2 Å². The van der Waals surface area contributed by atoms with Crippen molar-refractivity contribution in [1.29, 1.82) is 5.41 Å². The smallest absolute Gasteiger partial charge is 0.150 e. The minimum atomic E-state index is -0.00173. The predicted octanol–water partition coefficient (Wildman–Crippen LogP) is 5.59. The summed E-state index contributed by atoms with van der Waals surface area (Å²) in [6.07, 6.45) is 23.2. The third-order valence-electron chi connectivity index (χ3n) is 6.32. The standard InChI is InChI=1S/C24H24ClN3S/c25-19-11-4-7-14-15(19)8-3-9-16(14)23(26)28-24(27)18-10-5-13-21-22(18)17-6-1-2-12-20(17)29-21/h2,4-5,7,9-13,15,19,21-22H,1,3,6,8H2,(H3,26,27,28). The van der Waals surface area contributed by atoms with Crippen LogP contribution in [0.1, 0.15) is 25.7 Å². The summed E-state index contributed by atoms with van der Waals surface area (Å²) >= 11 is 8.41. The first-order chi connectivity index (χ1) is 14.1. The molecule has 0 aromatic heterocycles. The molecule has 5 heteroatoms. The van der Waals surface area contributed by atoms with Gasteiger partial charge in [0.2, 0.25) is 0 Å². The number of hydrogen-bond acceptors (Lipinski definition) is 2. The maximum absolute atomic E-state index is 8.76. The molecule has 0 aromatic rings. The molecule has 4 unspecified atom stereocenters. The fourth-order valence-electron chi connectivity index (χ4n) is 4.93. The van der Waals surface area contributed by atoms with Crippen LogP contribution in [0.3, 0.4) is 0 Å². The molecule has 3 nitrogen and oxygen atoms in total. The second kappa shape index (κ2) is 7.66. The summed E-state index contributed by atoms with van der Waals surface area (Å²) in [5.41, 5.74) is 11.0. The van der Waals surface area contributed by atoms with E-state index in [1.165, 1.54) is 10.5 Å². The number of nitrogens with zero attached hydrogens (tertiary/aromatic N) is 1. The molecule has 0 amide bonds. The highest BCUT2D eigenvalue weighted by molar-refractivity contribution is 8.04. The van der Waals surface area contributed by atoms with Crippen LogP contribution >= 0.6 is 23.4 Å². The molecule has 0 bridgehead atoms. The number of allylic oxidation sites excluding steroid dienone is 9. The SMILES string of the molecule is N=C(/N=C(\N)C1=CCCC2C1=CC=CC2Cl)C1=CC=CC2SC3=C(CCC=C3)C12. The zero-order chi connectivity index (χ0) is 20.0. The summed E-state index contributed by atoms with van der Waals surface area (Å²) in [5.74, 6) is 1.23. The molecule has 148 valence electrons. The molecule has 0 fully saturated rings. The molecule has 5 aliphatic rings. The molecule has 29 heavy (non-hydrogen) atoms. The zero-order valence-corrected chi connectivity index (χ0v) is 17.7. The van der Waals surface area contributed by atoms with Gasteiger partial charge in [0.15, 0.2) is 5.84 Å². The van der Waals surface area contributed by atoms with Crippen molar-refractivity contribution in [3.63, 3.8) is 0 Å². The van der Waals surface area contributed by atoms with Gasteiger partial charge in [-0.15, -0.1) is 23.4 Å². The normalized spacial score (nSPS) is 32.9. The lowest BCUT2D eigenvalue weighted by atomic mass is 9.78. The number of hydrogen-bond donors (Lipinski definition) is 2. The molecule has 1 aliphatic heterocycles. The molecular formula is C24H24ClN3S. The number of alkyl halides is 1. The van der Waals surface area contributed by atoms with Crippen molar-refractivity contribution in [2.75, 3.05) is 0 Å². The van der Waals surface area contributed by atoms with Crippen LogP contribution in [0.5, 0.6) is 0 Å². The van der Waals surface area contributed by atoms with Crippen LogP contribution in [0.2, 0.25) is 0 Å². The van der Waals surface area contributed by atoms with Gasteiger partial charge in [0.25, 0.3) is 0 Å². The van der Waals surface area contributed by atoms with E-state index in [0.717, 1.165) is 42.4 Å². The summed E-state index contributed by atoms with van der Waals surface area (Å²) in [6.45, 7) is 0. The maximum atomic E-state index is 8.76. The molecule has 4 atom stereocenters. The van der Waals surface area contributed by atoms with Gasteiger partial charge in [0, 0.05) is 33.1 Å². The molecule has 0 radical (unpaired) electrons. The molecular weight excluding hydrogens is 398 g/mol. The molecule has 5 rings (SSSR count). The molecule has 4 aliphatic carbocycles. The van der Waals surface area contributed by atoms with E-state index in [0.29, 0.717) is 11.1 Å². The van der Waals surface area contributed by atoms with Gasteiger partial charge in [0.1, 0.15) is 5.84 Å². The fraction of sp³-hybridized carbons (Fsp3) is 0.333. The van der Waals surface area contributed by atoms with Crippen LogP contribution in [0.4, 0.5) is 0 Å². The van der Waals surface area contributed by atoms with Crippen molar-refractivity contribution in [3.8, 4) is 0 Å². The van der Waals surface area contributed by atoms with Crippen molar-refractivity contribution in [3.05, 3.63) is 81.9 Å². The Morgan fingerprint density at radius 1 is 1.21 bits per heavy atom. The Morgan fingerprint density at radius 2 is 2.07 bits per heavy atom. The minimum absolute atomic E-state index is 0.00173. The highest BCUT2D eigenvalue weighted by Crippen LogP contribution is 2.51. The lowest BCUT2D eigenvalue weighted by molar-refractivity contribution is 0.566. The van der Waals surface area contributed by atoms with E-state index in [2.05, 4.69) is 41.4 Å². The number of nitrogens with one attached hydrogen (secondary N) is 1. The lowest BCUT2D eigenvalue weighted by Crippen LogP contribution is -2.29. The maximum Gasteiger partial charge on any atom is 0.150 e. The zero-order valence-electron chi connectivity index (χ0n) is 16.1. The van der Waals surface area contributed by atoms with Crippen LogP contribution < -0.4 is 5.73 Å². The van der Waals surface area contributed by atoms with Crippen molar-refractivity contribution in [1.82, 2.24) is 0 Å². The summed E-state index contributed by atoms with van der Waals surface area (Å²) in [6, 6.07) is 0. The first kappa shape index (κ1) is 19.0. The molecule has 3 N–H and O–H groups in total. The van der Waals surface area contributed by atoms with Crippen molar-refractivity contribution in [2.45, 2.75) is 36.3 Å². The van der Waals surface area contributed by atoms with E-state index in [4.69, 9.17) is 22.7 Å². The van der Waals surface area contributed by atoms with Crippen molar-refractivity contribution in [2.24, 2.45) is 22.6 Å². The van der Waals surface area contributed by atoms with Crippen molar-refractivity contribution >= 4 is 35.0 Å². The lowest BCUT2D eigenvalue weighted by Gasteiger charge is -2.30. The van der Waals surface area contributed by atoms with Gasteiger partial charge < -0.3 is 5.73 Å². The molecule has 0 saturated heterocycles. The number of thioether (sulfide) groups is 1. The number of rotatable bonds is 2. The number of halogens is 1. The molecule has 0 aromatic carbocycles. The Balaban J connectivity index is 1.43. The number of nitrogens with two attached hydrogens (primary N) is 1. The number of amidine groups is 2. The Labute approximate surface area is 181 Å². The van der Waals surface area contributed by atoms with Crippen LogP contribution in [0.25, 0.3) is 0 Å². The Kier molecular flexibility index (Phi) is 5.00. The fourth-order valence-corrected chi connectivity index (χ4v) is 6.74. The van der Waals surface area contributed by atoms with E-state index in [1.54, 1.807) is 0 Å². The number of fused-ring (bicyclic) bond motifs is 3. The quantitative estimate of drug-likeness (QED) is 0.346. The van der Waals surface area contributed by atoms with E-state index in [-0.39, 0.29) is 23.0 Å². The third kappa shape index (κ3) is 3.32. The summed E-state index contributed by atoms with van der Waals surface area (Å²) in [7, 11) is 0. The first-order valence-electron chi connectivity index (χ1n) is 10.2. The average molecular weight is 422 g/mol. The highest BCUT2D eigenvalue weighted by Gasteiger charge is 2.38. The van der Waals surface area contributed by atoms with Gasteiger partial charge >= 0.3 is 0 Å². The van der Waals surface area contributed by atoms with Crippen molar-refractivity contribution < 1.29 is 0 Å². The molecule has 1 heterocycles. The molecule has 0 saturated carbocycles. The van der Waals surface area contributed by atoms with Crippen LogP contribution in [-0.4, -0.2) is 22.3 Å². The van der Waals surface area contributed by atoms with Gasteiger partial charge in [-0.3, -0.25) is 5.41 Å². The largest absolute Gasteiger partial charge is 0.383 e. The Hall–Kier alpha value is -2.04. The third-order valence-corrected chi connectivity index (χ3v) is 8.12. The monoisotopic (exact) mass is 421 g/mol. The summed E-state index contributed by atoms with van der Waals surface area (Å²) < 4.78 is 0. The summed E-state index contributed by atoms with van der Waals surface area (Å²) in [4.78, 5) is 5.96. The Bertz CT molecular complexity index is 1010. The summed E-state index contributed by atoms with van der Waals surface area (Å²) in [5, 5.41) is 9.12. The van der Waals surface area contributed by atoms with Gasteiger partial charge in [0.05, 0.1) is 5.38 Å². The van der Waals surface area contributed by atoms with Gasteiger partial charge in [-0.25, -0.2) is 4.99 Å². The van der Waals surface area contributed by atoms with Gasteiger partial charge in [-0.1, -0.05) is 54.7 Å². The van der Waals surface area contributed by atoms with Crippen LogP contribution in [-0.2, 0) is 0 Å². The average Bonchev–Trinajstić information content (AvgIpc) is 3.12. The Morgan fingerprint density at radius 3 is 2.97 bits per heavy atom. The minimum Gasteiger partial charge on any atom is -0.383 e. The van der Waals surface area contributed by atoms with Crippen LogP contribution in [0.15, 0.2) is 86.9 Å². The highest BCUT2D eigenvalue weighted by atomic mass is 35.5. The van der Waals surface area contributed by atoms with Crippen LogP contribution in [0, 0.1) is 17.2 Å². The first-order valence-corrected chi connectivity index (χ1v) is 11.6. The predicted molar refractivity (Wildman–Crippen MR) is 125 cm³/mol. The van der Waals surface area contributed by atoms with E-state index in [9.17, 15) is 0 Å². The second-order valence-electron chi connectivity index (χ2n) is 8.00. The van der Waals surface area contributed by atoms with E-state index < -0.39 is 0 Å². The second-order valence-corrected chi connectivity index (χ2v) is 9.72.